The molecule has 0 bridgehead atoms. The number of aliphatic hydroxyl groups is 1. The molecule has 2 unspecified atom stereocenters. The van der Waals surface area contributed by atoms with Gasteiger partial charge in [0.1, 0.15) is 0 Å². The van der Waals surface area contributed by atoms with Crippen molar-refractivity contribution in [2.24, 2.45) is 0 Å². The lowest BCUT2D eigenvalue weighted by molar-refractivity contribution is 0.0592. The lowest BCUT2D eigenvalue weighted by atomic mass is 9.84. The fourth-order valence-electron chi connectivity index (χ4n) is 3.08. The van der Waals surface area contributed by atoms with Crippen molar-refractivity contribution in [2.75, 3.05) is 26.2 Å². The van der Waals surface area contributed by atoms with E-state index in [-0.39, 0.29) is 5.54 Å². The molecule has 15 heavy (non-hydrogen) atoms. The van der Waals surface area contributed by atoms with Gasteiger partial charge in [-0.15, -0.1) is 0 Å². The van der Waals surface area contributed by atoms with Gasteiger partial charge in [0.15, 0.2) is 0 Å². The van der Waals surface area contributed by atoms with Gasteiger partial charge in [0.25, 0.3) is 0 Å². The van der Waals surface area contributed by atoms with Crippen molar-refractivity contribution in [1.82, 2.24) is 10.2 Å². The van der Waals surface area contributed by atoms with Gasteiger partial charge < -0.3 is 15.3 Å². The summed E-state index contributed by atoms with van der Waals surface area (Å²) in [6, 6.07) is 0.732. The summed E-state index contributed by atoms with van der Waals surface area (Å²) >= 11 is 0. The molecule has 0 aromatic heterocycles. The van der Waals surface area contributed by atoms with Crippen LogP contribution in [0.25, 0.3) is 0 Å². The lowest BCUT2D eigenvalue weighted by Crippen LogP contribution is -2.57. The zero-order valence-corrected chi connectivity index (χ0v) is 9.84. The molecule has 2 atom stereocenters. The summed E-state index contributed by atoms with van der Waals surface area (Å²) in [4.78, 5) is 2.60. The number of nitrogens with zero attached hydrogens (tertiary/aromatic N) is 1. The average Bonchev–Trinajstić information content (AvgIpc) is 2.73. The van der Waals surface area contributed by atoms with Crippen LogP contribution in [0.3, 0.4) is 0 Å². The molecule has 2 N–H and O–H groups in total. The SMILES string of the molecule is CCCNC1(CO)CCN2CCCC2C1. The van der Waals surface area contributed by atoms with Crippen LogP contribution in [0, 0.1) is 0 Å². The van der Waals surface area contributed by atoms with Crippen LogP contribution in [0.15, 0.2) is 0 Å². The Bertz CT molecular complexity index is 210. The monoisotopic (exact) mass is 212 g/mol. The molecule has 0 aromatic rings. The molecular formula is C12H24N2O. The smallest absolute Gasteiger partial charge is 0.0614 e. The summed E-state index contributed by atoms with van der Waals surface area (Å²) in [5, 5.41) is 13.2. The van der Waals surface area contributed by atoms with Crippen molar-refractivity contribution in [3.05, 3.63) is 0 Å². The van der Waals surface area contributed by atoms with E-state index in [1.54, 1.807) is 0 Å². The minimum atomic E-state index is 0.0293. The van der Waals surface area contributed by atoms with Gasteiger partial charge in [-0.3, -0.25) is 0 Å². The fraction of sp³-hybridized carbons (Fsp3) is 1.00. The highest BCUT2D eigenvalue weighted by molar-refractivity contribution is 4.99. The summed E-state index contributed by atoms with van der Waals surface area (Å²) < 4.78 is 0. The van der Waals surface area contributed by atoms with Crippen LogP contribution in [0.1, 0.15) is 39.0 Å². The van der Waals surface area contributed by atoms with Crippen molar-refractivity contribution < 1.29 is 5.11 Å². The van der Waals surface area contributed by atoms with Crippen LogP contribution in [0.4, 0.5) is 0 Å². The predicted octanol–water partition coefficient (Wildman–Crippen LogP) is 0.975. The van der Waals surface area contributed by atoms with E-state index in [1.165, 1.54) is 25.9 Å². The zero-order chi connectivity index (χ0) is 10.7. The molecule has 0 aromatic carbocycles. The molecule has 2 aliphatic rings. The van der Waals surface area contributed by atoms with Crippen LogP contribution < -0.4 is 5.32 Å². The third-order valence-corrected chi connectivity index (χ3v) is 4.06. The van der Waals surface area contributed by atoms with Crippen LogP contribution in [-0.2, 0) is 0 Å². The number of hydrogen-bond acceptors (Lipinski definition) is 3. The second kappa shape index (κ2) is 4.81. The van der Waals surface area contributed by atoms with Gasteiger partial charge in [-0.05, 0) is 45.2 Å². The average molecular weight is 212 g/mol. The molecular weight excluding hydrogens is 188 g/mol. The van der Waals surface area contributed by atoms with Gasteiger partial charge >= 0.3 is 0 Å². The van der Waals surface area contributed by atoms with E-state index in [0.29, 0.717) is 6.61 Å². The van der Waals surface area contributed by atoms with E-state index in [0.717, 1.165) is 31.8 Å². The van der Waals surface area contributed by atoms with Gasteiger partial charge in [0, 0.05) is 18.1 Å². The Hall–Kier alpha value is -0.120. The molecule has 88 valence electrons. The Morgan fingerprint density at radius 1 is 1.47 bits per heavy atom. The molecule has 2 saturated heterocycles. The number of aliphatic hydroxyl groups excluding tert-OH is 1. The molecule has 0 amide bonds. The molecule has 0 spiro atoms. The third kappa shape index (κ3) is 2.35. The Morgan fingerprint density at radius 3 is 3.07 bits per heavy atom. The van der Waals surface area contributed by atoms with Gasteiger partial charge in [0.2, 0.25) is 0 Å². The summed E-state index contributed by atoms with van der Waals surface area (Å²) in [5.74, 6) is 0. The van der Waals surface area contributed by atoms with Crippen LogP contribution >= 0.6 is 0 Å². The van der Waals surface area contributed by atoms with Gasteiger partial charge in [0.05, 0.1) is 6.61 Å². The molecule has 2 rings (SSSR count). The van der Waals surface area contributed by atoms with Crippen molar-refractivity contribution in [3.8, 4) is 0 Å². The van der Waals surface area contributed by atoms with E-state index in [4.69, 9.17) is 0 Å². The highest BCUT2D eigenvalue weighted by Gasteiger charge is 2.40. The topological polar surface area (TPSA) is 35.5 Å². The first-order valence-corrected chi connectivity index (χ1v) is 6.39. The summed E-state index contributed by atoms with van der Waals surface area (Å²) in [6.07, 6.45) is 6.08. The number of hydrogen-bond donors (Lipinski definition) is 2. The van der Waals surface area contributed by atoms with E-state index >= 15 is 0 Å². The zero-order valence-electron chi connectivity index (χ0n) is 9.84. The standard InChI is InChI=1S/C12H24N2O/c1-2-6-13-12(10-15)5-8-14-7-3-4-11(14)9-12/h11,13,15H,2-10H2,1H3. The molecule has 3 heteroatoms. The maximum Gasteiger partial charge on any atom is 0.0614 e. The molecule has 3 nitrogen and oxygen atoms in total. The third-order valence-electron chi connectivity index (χ3n) is 4.06. The van der Waals surface area contributed by atoms with Crippen molar-refractivity contribution in [2.45, 2.75) is 50.6 Å². The van der Waals surface area contributed by atoms with E-state index < -0.39 is 0 Å². The number of nitrogens with one attached hydrogen (secondary N) is 1. The summed E-state index contributed by atoms with van der Waals surface area (Å²) in [5.41, 5.74) is 0.0293. The maximum atomic E-state index is 9.61. The van der Waals surface area contributed by atoms with Crippen LogP contribution in [0.5, 0.6) is 0 Å². The summed E-state index contributed by atoms with van der Waals surface area (Å²) in [7, 11) is 0. The highest BCUT2D eigenvalue weighted by atomic mass is 16.3. The maximum absolute atomic E-state index is 9.61. The molecule has 0 saturated carbocycles. The van der Waals surface area contributed by atoms with Gasteiger partial charge in [-0.1, -0.05) is 6.92 Å². The van der Waals surface area contributed by atoms with Gasteiger partial charge in [-0.25, -0.2) is 0 Å². The molecule has 2 fully saturated rings. The van der Waals surface area contributed by atoms with Crippen molar-refractivity contribution in [1.29, 1.82) is 0 Å². The first-order chi connectivity index (χ1) is 7.29. The molecule has 2 aliphatic heterocycles. The predicted molar refractivity (Wildman–Crippen MR) is 61.9 cm³/mol. The fourth-order valence-corrected chi connectivity index (χ4v) is 3.08. The molecule has 2 heterocycles. The minimum Gasteiger partial charge on any atom is -0.394 e. The van der Waals surface area contributed by atoms with E-state index in [1.807, 2.05) is 0 Å². The Kier molecular flexibility index (Phi) is 3.65. The van der Waals surface area contributed by atoms with Crippen molar-refractivity contribution in [3.63, 3.8) is 0 Å². The summed E-state index contributed by atoms with van der Waals surface area (Å²) in [6.45, 7) is 5.97. The molecule has 0 radical (unpaired) electrons. The Balaban J connectivity index is 1.95. The Labute approximate surface area is 92.8 Å². The number of rotatable bonds is 4. The Morgan fingerprint density at radius 2 is 2.33 bits per heavy atom. The van der Waals surface area contributed by atoms with Crippen LogP contribution in [0.2, 0.25) is 0 Å². The van der Waals surface area contributed by atoms with Crippen LogP contribution in [-0.4, -0.2) is 47.8 Å². The largest absolute Gasteiger partial charge is 0.394 e. The van der Waals surface area contributed by atoms with Crippen molar-refractivity contribution >= 4 is 0 Å². The second-order valence-corrected chi connectivity index (χ2v) is 5.15. The van der Waals surface area contributed by atoms with Gasteiger partial charge in [-0.2, -0.15) is 0 Å². The minimum absolute atomic E-state index is 0.0293. The molecule has 0 aliphatic carbocycles. The highest BCUT2D eigenvalue weighted by Crippen LogP contribution is 2.32. The van der Waals surface area contributed by atoms with E-state index in [9.17, 15) is 5.11 Å². The first-order valence-electron chi connectivity index (χ1n) is 6.39. The van der Waals surface area contributed by atoms with E-state index in [2.05, 4.69) is 17.1 Å². The first kappa shape index (κ1) is 11.4. The lowest BCUT2D eigenvalue weighted by Gasteiger charge is -2.44. The number of piperidine rings is 1. The number of fused-ring (bicyclic) bond motifs is 1. The quantitative estimate of drug-likeness (QED) is 0.729. The second-order valence-electron chi connectivity index (χ2n) is 5.15. The normalized spacial score (nSPS) is 36.8.